The molecule has 0 aliphatic rings. The molecule has 0 saturated carbocycles. The Morgan fingerprint density at radius 1 is 1.00 bits per heavy atom. The standard InChI is InChI=1S/C19H18F4N4O/c20-14-4-7-15(8-5-14)27-18(28)26-10-2-1-9-25-16-6-3-13(12-24)17(11-16)19(21,22)23/h3-8,11,25H,1-2,9-10H2,(H2,26,27,28). The first kappa shape index (κ1) is 21.0. The van der Waals surface area contributed by atoms with Crippen molar-refractivity contribution in [2.45, 2.75) is 19.0 Å². The second kappa shape index (κ2) is 9.60. The molecule has 28 heavy (non-hydrogen) atoms. The molecule has 3 N–H and O–H groups in total. The minimum Gasteiger partial charge on any atom is -0.385 e. The topological polar surface area (TPSA) is 77.0 Å². The molecule has 0 fully saturated rings. The summed E-state index contributed by atoms with van der Waals surface area (Å²) in [7, 11) is 0. The summed E-state index contributed by atoms with van der Waals surface area (Å²) in [6.45, 7) is 0.778. The number of nitrogens with one attached hydrogen (secondary N) is 3. The van der Waals surface area contributed by atoms with Gasteiger partial charge in [0.25, 0.3) is 0 Å². The second-order valence-electron chi connectivity index (χ2n) is 5.89. The van der Waals surface area contributed by atoms with Gasteiger partial charge in [0.1, 0.15) is 5.82 Å². The van der Waals surface area contributed by atoms with Crippen LogP contribution in [0, 0.1) is 17.1 Å². The third-order valence-corrected chi connectivity index (χ3v) is 3.77. The smallest absolute Gasteiger partial charge is 0.385 e. The summed E-state index contributed by atoms with van der Waals surface area (Å²) in [6, 6.07) is 9.90. The summed E-state index contributed by atoms with van der Waals surface area (Å²) < 4.78 is 51.5. The highest BCUT2D eigenvalue weighted by molar-refractivity contribution is 5.89. The van der Waals surface area contributed by atoms with E-state index in [1.54, 1.807) is 0 Å². The molecule has 0 aromatic heterocycles. The molecule has 0 radical (unpaired) electrons. The lowest BCUT2D eigenvalue weighted by Crippen LogP contribution is -2.29. The van der Waals surface area contributed by atoms with Crippen LogP contribution in [0.5, 0.6) is 0 Å². The van der Waals surface area contributed by atoms with Crippen LogP contribution in [0.4, 0.5) is 33.7 Å². The minimum absolute atomic E-state index is 0.272. The Morgan fingerprint density at radius 3 is 2.29 bits per heavy atom. The van der Waals surface area contributed by atoms with Crippen LogP contribution >= 0.6 is 0 Å². The van der Waals surface area contributed by atoms with Gasteiger partial charge >= 0.3 is 12.2 Å². The average Bonchev–Trinajstić information content (AvgIpc) is 2.65. The Bertz CT molecular complexity index is 844. The van der Waals surface area contributed by atoms with Gasteiger partial charge in [-0.2, -0.15) is 18.4 Å². The minimum atomic E-state index is -4.59. The number of alkyl halides is 3. The normalized spacial score (nSPS) is 10.8. The van der Waals surface area contributed by atoms with Crippen molar-refractivity contribution in [2.24, 2.45) is 0 Å². The van der Waals surface area contributed by atoms with Crippen molar-refractivity contribution < 1.29 is 22.4 Å². The Balaban J connectivity index is 1.70. The zero-order chi connectivity index (χ0) is 20.6. The lowest BCUT2D eigenvalue weighted by Gasteiger charge is -2.12. The van der Waals surface area contributed by atoms with E-state index in [1.807, 2.05) is 0 Å². The van der Waals surface area contributed by atoms with Gasteiger partial charge in [0.2, 0.25) is 0 Å². The molecule has 0 aliphatic heterocycles. The third-order valence-electron chi connectivity index (χ3n) is 3.77. The Labute approximate surface area is 159 Å². The maximum absolute atomic E-state index is 12.9. The summed E-state index contributed by atoms with van der Waals surface area (Å²) in [6.07, 6.45) is -3.38. The van der Waals surface area contributed by atoms with Gasteiger partial charge in [0, 0.05) is 24.5 Å². The number of hydrogen-bond donors (Lipinski definition) is 3. The Kier molecular flexibility index (Phi) is 7.21. The fourth-order valence-corrected chi connectivity index (χ4v) is 2.38. The summed E-state index contributed by atoms with van der Waals surface area (Å²) in [5.74, 6) is -0.400. The molecule has 2 amide bonds. The molecule has 0 atom stereocenters. The van der Waals surface area contributed by atoms with Crippen LogP contribution in [0.15, 0.2) is 42.5 Å². The van der Waals surface area contributed by atoms with E-state index in [-0.39, 0.29) is 5.69 Å². The van der Waals surface area contributed by atoms with E-state index < -0.39 is 29.2 Å². The number of nitriles is 1. The van der Waals surface area contributed by atoms with Crippen LogP contribution in [0.25, 0.3) is 0 Å². The van der Waals surface area contributed by atoms with E-state index >= 15 is 0 Å². The first-order valence-electron chi connectivity index (χ1n) is 8.45. The summed E-state index contributed by atoms with van der Waals surface area (Å²) in [4.78, 5) is 11.7. The van der Waals surface area contributed by atoms with Crippen molar-refractivity contribution in [3.8, 4) is 6.07 Å². The van der Waals surface area contributed by atoms with Gasteiger partial charge in [-0.25, -0.2) is 9.18 Å². The molecule has 9 heteroatoms. The number of unbranched alkanes of at least 4 members (excludes halogenated alkanes) is 1. The van der Waals surface area contributed by atoms with E-state index in [0.29, 0.717) is 31.6 Å². The van der Waals surface area contributed by atoms with E-state index in [4.69, 9.17) is 5.26 Å². The van der Waals surface area contributed by atoms with Gasteiger partial charge in [0.05, 0.1) is 17.2 Å². The number of nitrogens with zero attached hydrogens (tertiary/aromatic N) is 1. The first-order chi connectivity index (χ1) is 13.3. The van der Waals surface area contributed by atoms with Crippen LogP contribution in [0.2, 0.25) is 0 Å². The average molecular weight is 394 g/mol. The Hall–Kier alpha value is -3.28. The third kappa shape index (κ3) is 6.46. The number of halogens is 4. The van der Waals surface area contributed by atoms with E-state index in [9.17, 15) is 22.4 Å². The molecule has 0 unspecified atom stereocenters. The lowest BCUT2D eigenvalue weighted by molar-refractivity contribution is -0.137. The number of anilines is 2. The van der Waals surface area contributed by atoms with Gasteiger partial charge in [-0.1, -0.05) is 0 Å². The largest absolute Gasteiger partial charge is 0.417 e. The fraction of sp³-hybridized carbons (Fsp3) is 0.263. The number of rotatable bonds is 7. The molecule has 5 nitrogen and oxygen atoms in total. The molecule has 2 aromatic rings. The van der Waals surface area contributed by atoms with E-state index in [0.717, 1.165) is 12.1 Å². The van der Waals surface area contributed by atoms with Crippen LogP contribution in [0.1, 0.15) is 24.0 Å². The van der Waals surface area contributed by atoms with Gasteiger partial charge in [-0.3, -0.25) is 0 Å². The molecule has 0 aliphatic carbocycles. The summed E-state index contributed by atoms with van der Waals surface area (Å²) in [5, 5.41) is 16.8. The fourth-order valence-electron chi connectivity index (χ4n) is 2.38. The SMILES string of the molecule is N#Cc1ccc(NCCCCNC(=O)Nc2ccc(F)cc2)cc1C(F)(F)F. The van der Waals surface area contributed by atoms with Crippen LogP contribution in [-0.4, -0.2) is 19.1 Å². The van der Waals surface area contributed by atoms with Gasteiger partial charge in [-0.05, 0) is 55.3 Å². The molecule has 0 spiro atoms. The van der Waals surface area contributed by atoms with Gasteiger partial charge in [-0.15, -0.1) is 0 Å². The summed E-state index contributed by atoms with van der Waals surface area (Å²) >= 11 is 0. The predicted octanol–water partition coefficient (Wildman–Crippen LogP) is 4.73. The second-order valence-corrected chi connectivity index (χ2v) is 5.89. The molecule has 148 valence electrons. The summed E-state index contributed by atoms with van der Waals surface area (Å²) in [5.41, 5.74) is -0.663. The van der Waals surface area contributed by atoms with Crippen molar-refractivity contribution >= 4 is 17.4 Å². The Morgan fingerprint density at radius 2 is 1.64 bits per heavy atom. The van der Waals surface area contributed by atoms with Gasteiger partial charge < -0.3 is 16.0 Å². The lowest BCUT2D eigenvalue weighted by atomic mass is 10.1. The molecule has 0 heterocycles. The van der Waals surface area contributed by atoms with Crippen molar-refractivity contribution in [3.05, 3.63) is 59.4 Å². The van der Waals surface area contributed by atoms with Crippen LogP contribution in [0.3, 0.4) is 0 Å². The van der Waals surface area contributed by atoms with Crippen molar-refractivity contribution in [1.82, 2.24) is 5.32 Å². The quantitative estimate of drug-likeness (QED) is 0.469. The number of carbonyl (C=O) groups excluding carboxylic acids is 1. The number of carbonyl (C=O) groups is 1. The molecule has 2 aromatic carbocycles. The highest BCUT2D eigenvalue weighted by atomic mass is 19.4. The maximum Gasteiger partial charge on any atom is 0.417 e. The van der Waals surface area contributed by atoms with Crippen molar-refractivity contribution in [2.75, 3.05) is 23.7 Å². The van der Waals surface area contributed by atoms with E-state index in [2.05, 4.69) is 16.0 Å². The predicted molar refractivity (Wildman–Crippen MR) is 97.3 cm³/mol. The van der Waals surface area contributed by atoms with Crippen molar-refractivity contribution in [1.29, 1.82) is 5.26 Å². The molecule has 0 saturated heterocycles. The van der Waals surface area contributed by atoms with Crippen molar-refractivity contribution in [3.63, 3.8) is 0 Å². The molecular weight excluding hydrogens is 376 g/mol. The molecule has 2 rings (SSSR count). The molecule has 0 bridgehead atoms. The zero-order valence-electron chi connectivity index (χ0n) is 14.7. The van der Waals surface area contributed by atoms with Crippen LogP contribution in [-0.2, 0) is 6.18 Å². The number of benzene rings is 2. The van der Waals surface area contributed by atoms with E-state index in [1.165, 1.54) is 36.4 Å². The highest BCUT2D eigenvalue weighted by Crippen LogP contribution is 2.33. The van der Waals surface area contributed by atoms with Crippen LogP contribution < -0.4 is 16.0 Å². The van der Waals surface area contributed by atoms with Gasteiger partial charge in [0.15, 0.2) is 0 Å². The first-order valence-corrected chi connectivity index (χ1v) is 8.45. The molecular formula is C19H18F4N4O. The monoisotopic (exact) mass is 394 g/mol. The zero-order valence-corrected chi connectivity index (χ0v) is 14.7. The highest BCUT2D eigenvalue weighted by Gasteiger charge is 2.33. The maximum atomic E-state index is 12.9. The number of amides is 2. The number of urea groups is 1. The number of hydrogen-bond acceptors (Lipinski definition) is 3.